The van der Waals surface area contributed by atoms with Crippen molar-refractivity contribution in [3.05, 3.63) is 65.0 Å². The molecule has 21 heavy (non-hydrogen) atoms. The number of halogens is 1. The van der Waals surface area contributed by atoms with Gasteiger partial charge >= 0.3 is 0 Å². The van der Waals surface area contributed by atoms with Gasteiger partial charge < -0.3 is 4.74 Å². The maximum absolute atomic E-state index is 13.5. The molecule has 0 saturated heterocycles. The van der Waals surface area contributed by atoms with Gasteiger partial charge in [0.1, 0.15) is 11.6 Å². The number of hydrogen-bond donors (Lipinski definition) is 0. The minimum atomic E-state index is -0.273. The van der Waals surface area contributed by atoms with E-state index in [9.17, 15) is 4.39 Å². The third kappa shape index (κ3) is 3.10. The van der Waals surface area contributed by atoms with Crippen LogP contribution in [0.5, 0.6) is 5.75 Å². The van der Waals surface area contributed by atoms with Crippen molar-refractivity contribution in [2.45, 2.75) is 39.0 Å². The number of hydrogen-bond acceptors (Lipinski definition) is 1. The summed E-state index contributed by atoms with van der Waals surface area (Å²) in [5, 5.41) is 0. The Balaban J connectivity index is 2.50. The molecule has 0 N–H and O–H groups in total. The van der Waals surface area contributed by atoms with Gasteiger partial charge in [-0.3, -0.25) is 0 Å². The zero-order chi connectivity index (χ0) is 15.6. The molecule has 0 atom stereocenters. The van der Waals surface area contributed by atoms with Crippen LogP contribution in [-0.2, 0) is 5.41 Å². The molecule has 2 aromatic carbocycles. The van der Waals surface area contributed by atoms with Crippen molar-refractivity contribution < 1.29 is 9.13 Å². The monoisotopic (exact) mass is 286 g/mol. The van der Waals surface area contributed by atoms with E-state index >= 15 is 0 Å². The van der Waals surface area contributed by atoms with Crippen molar-refractivity contribution in [1.29, 1.82) is 0 Å². The fraction of sp³-hybridized carbons (Fsp3) is 0.368. The van der Waals surface area contributed by atoms with E-state index in [-0.39, 0.29) is 11.2 Å². The topological polar surface area (TPSA) is 9.23 Å². The lowest BCUT2D eigenvalue weighted by molar-refractivity contribution is 0.406. The first-order valence-electron chi connectivity index (χ1n) is 7.30. The smallest absolute Gasteiger partial charge is 0.123 e. The second-order valence-electron chi connectivity index (χ2n) is 6.25. The fourth-order valence-corrected chi connectivity index (χ4v) is 2.62. The molecule has 2 heteroatoms. The van der Waals surface area contributed by atoms with E-state index in [2.05, 4.69) is 45.9 Å². The molecule has 0 aliphatic heterocycles. The Morgan fingerprint density at radius 3 is 2.24 bits per heavy atom. The average Bonchev–Trinajstić information content (AvgIpc) is 2.46. The Kier molecular flexibility index (Phi) is 4.36. The van der Waals surface area contributed by atoms with Crippen LogP contribution >= 0.6 is 0 Å². The molecule has 0 aromatic heterocycles. The molecule has 0 aliphatic carbocycles. The quantitative estimate of drug-likeness (QED) is 0.742. The summed E-state index contributed by atoms with van der Waals surface area (Å²) in [7, 11) is 1.69. The van der Waals surface area contributed by atoms with Gasteiger partial charge in [-0.2, -0.15) is 0 Å². The van der Waals surface area contributed by atoms with E-state index in [4.69, 9.17) is 4.74 Å². The standard InChI is InChI=1S/C19H23FO/c1-13(2)17-10-9-15(12-18(17)21-5)19(3,4)14-7-6-8-16(20)11-14/h6-13H,1-5H3. The molecular weight excluding hydrogens is 263 g/mol. The van der Waals surface area contributed by atoms with Gasteiger partial charge in [0.15, 0.2) is 0 Å². The molecule has 0 unspecified atom stereocenters. The predicted octanol–water partition coefficient (Wildman–Crippen LogP) is 5.28. The molecule has 0 spiro atoms. The Morgan fingerprint density at radius 2 is 1.67 bits per heavy atom. The van der Waals surface area contributed by atoms with E-state index in [1.54, 1.807) is 19.2 Å². The van der Waals surface area contributed by atoms with Gasteiger partial charge in [0.05, 0.1) is 7.11 Å². The highest BCUT2D eigenvalue weighted by molar-refractivity contribution is 5.46. The van der Waals surface area contributed by atoms with Crippen LogP contribution in [0.15, 0.2) is 42.5 Å². The fourth-order valence-electron chi connectivity index (χ4n) is 2.62. The molecule has 2 rings (SSSR count). The van der Waals surface area contributed by atoms with Crippen molar-refractivity contribution in [3.63, 3.8) is 0 Å². The van der Waals surface area contributed by atoms with Crippen molar-refractivity contribution in [1.82, 2.24) is 0 Å². The van der Waals surface area contributed by atoms with Gasteiger partial charge in [-0.1, -0.05) is 52.0 Å². The third-order valence-corrected chi connectivity index (χ3v) is 4.12. The van der Waals surface area contributed by atoms with Crippen LogP contribution in [0.25, 0.3) is 0 Å². The van der Waals surface area contributed by atoms with Gasteiger partial charge in [0.2, 0.25) is 0 Å². The van der Waals surface area contributed by atoms with Crippen LogP contribution in [0.4, 0.5) is 4.39 Å². The van der Waals surface area contributed by atoms with Gasteiger partial charge in [-0.05, 0) is 40.8 Å². The molecule has 0 heterocycles. The molecule has 1 nitrogen and oxygen atoms in total. The molecule has 0 amide bonds. The van der Waals surface area contributed by atoms with E-state index in [1.165, 1.54) is 11.6 Å². The molecule has 0 saturated carbocycles. The van der Waals surface area contributed by atoms with E-state index in [0.717, 1.165) is 16.9 Å². The first-order chi connectivity index (χ1) is 9.86. The van der Waals surface area contributed by atoms with Gasteiger partial charge in [-0.25, -0.2) is 4.39 Å². The van der Waals surface area contributed by atoms with Crippen LogP contribution in [-0.4, -0.2) is 7.11 Å². The zero-order valence-electron chi connectivity index (χ0n) is 13.4. The van der Waals surface area contributed by atoms with Gasteiger partial charge in [0.25, 0.3) is 0 Å². The Labute approximate surface area is 126 Å². The summed E-state index contributed by atoms with van der Waals surface area (Å²) in [6.45, 7) is 8.50. The second-order valence-corrected chi connectivity index (χ2v) is 6.25. The maximum Gasteiger partial charge on any atom is 0.123 e. The van der Waals surface area contributed by atoms with E-state index < -0.39 is 0 Å². The minimum Gasteiger partial charge on any atom is -0.496 e. The zero-order valence-corrected chi connectivity index (χ0v) is 13.4. The maximum atomic E-state index is 13.5. The summed E-state index contributed by atoms with van der Waals surface area (Å²) in [5.41, 5.74) is 3.00. The van der Waals surface area contributed by atoms with E-state index in [1.807, 2.05) is 6.07 Å². The van der Waals surface area contributed by atoms with Crippen molar-refractivity contribution in [3.8, 4) is 5.75 Å². The summed E-state index contributed by atoms with van der Waals surface area (Å²) >= 11 is 0. The van der Waals surface area contributed by atoms with Crippen LogP contribution in [0.2, 0.25) is 0 Å². The average molecular weight is 286 g/mol. The summed E-state index contributed by atoms with van der Waals surface area (Å²) in [4.78, 5) is 0. The number of methoxy groups -OCH3 is 1. The lowest BCUT2D eigenvalue weighted by Crippen LogP contribution is -2.19. The minimum absolute atomic E-state index is 0.202. The summed E-state index contributed by atoms with van der Waals surface area (Å²) in [6, 6.07) is 13.1. The third-order valence-electron chi connectivity index (χ3n) is 4.12. The first kappa shape index (κ1) is 15.6. The highest BCUT2D eigenvalue weighted by Gasteiger charge is 2.25. The molecule has 0 aliphatic rings. The Morgan fingerprint density at radius 1 is 1.00 bits per heavy atom. The largest absolute Gasteiger partial charge is 0.496 e. The lowest BCUT2D eigenvalue weighted by atomic mass is 9.77. The van der Waals surface area contributed by atoms with Crippen LogP contribution in [0, 0.1) is 5.82 Å². The Bertz CT molecular complexity index is 629. The molecule has 2 aromatic rings. The van der Waals surface area contributed by atoms with Gasteiger partial charge in [0, 0.05) is 5.41 Å². The van der Waals surface area contributed by atoms with Crippen molar-refractivity contribution >= 4 is 0 Å². The number of rotatable bonds is 4. The van der Waals surface area contributed by atoms with E-state index in [0.29, 0.717) is 5.92 Å². The predicted molar refractivity (Wildman–Crippen MR) is 85.6 cm³/mol. The summed E-state index contributed by atoms with van der Waals surface area (Å²) in [6.07, 6.45) is 0. The number of benzene rings is 2. The molecule has 0 fully saturated rings. The molecule has 0 radical (unpaired) electrons. The molecule has 0 bridgehead atoms. The second kappa shape index (κ2) is 5.88. The first-order valence-corrected chi connectivity index (χ1v) is 7.30. The van der Waals surface area contributed by atoms with Crippen LogP contribution in [0.1, 0.15) is 50.3 Å². The summed E-state index contributed by atoms with van der Waals surface area (Å²) < 4.78 is 19.0. The SMILES string of the molecule is COc1cc(C(C)(C)c2cccc(F)c2)ccc1C(C)C. The molecule has 112 valence electrons. The van der Waals surface area contributed by atoms with Gasteiger partial charge in [-0.15, -0.1) is 0 Å². The Hall–Kier alpha value is -1.83. The van der Waals surface area contributed by atoms with Crippen molar-refractivity contribution in [2.75, 3.05) is 7.11 Å². The lowest BCUT2D eigenvalue weighted by Gasteiger charge is -2.27. The summed E-state index contributed by atoms with van der Waals surface area (Å²) in [5.74, 6) is 1.10. The van der Waals surface area contributed by atoms with Crippen LogP contribution in [0.3, 0.4) is 0 Å². The number of ether oxygens (including phenoxy) is 1. The van der Waals surface area contributed by atoms with Crippen LogP contribution < -0.4 is 4.74 Å². The highest BCUT2D eigenvalue weighted by atomic mass is 19.1. The highest BCUT2D eigenvalue weighted by Crippen LogP contribution is 2.36. The molecular formula is C19H23FO. The normalized spacial score (nSPS) is 11.8. The van der Waals surface area contributed by atoms with Crippen molar-refractivity contribution in [2.24, 2.45) is 0 Å².